The van der Waals surface area contributed by atoms with Crippen molar-refractivity contribution >= 4 is 36.0 Å². The first-order chi connectivity index (χ1) is 14.6. The number of aromatic nitrogens is 2. The largest absolute Gasteiger partial charge is 0.444 e. The molecule has 0 bridgehead atoms. The highest BCUT2D eigenvalue weighted by Gasteiger charge is 2.19. The Labute approximate surface area is 211 Å². The molecule has 0 aliphatic rings. The van der Waals surface area contributed by atoms with Crippen LogP contribution in [0.1, 0.15) is 65.5 Å². The van der Waals surface area contributed by atoms with Gasteiger partial charge in [0.2, 0.25) is 0 Å². The van der Waals surface area contributed by atoms with E-state index in [0.29, 0.717) is 13.1 Å². The maximum Gasteiger partial charge on any atom is 0.407 e. The molecule has 0 aromatic carbocycles. The number of hydrogen-bond donors (Lipinski definition) is 3. The Bertz CT molecular complexity index is 686. The second-order valence-corrected chi connectivity index (χ2v) is 9.01. The molecule has 0 aliphatic carbocycles. The van der Waals surface area contributed by atoms with Crippen molar-refractivity contribution in [2.45, 2.75) is 71.6 Å². The van der Waals surface area contributed by atoms with E-state index < -0.39 is 11.7 Å². The molecule has 9 nitrogen and oxygen atoms in total. The number of unbranched alkanes of at least 4 members (excludes halogenated alkanes) is 1. The monoisotopic (exact) mass is 565 g/mol. The van der Waals surface area contributed by atoms with Crippen LogP contribution in [0.15, 0.2) is 17.4 Å². The van der Waals surface area contributed by atoms with Gasteiger partial charge in [0.15, 0.2) is 5.96 Å². The summed E-state index contributed by atoms with van der Waals surface area (Å²) in [6.07, 6.45) is 6.58. The summed E-state index contributed by atoms with van der Waals surface area (Å²) in [5.41, 5.74) is 0.613. The summed E-state index contributed by atoms with van der Waals surface area (Å²) in [4.78, 5) is 19.0. The molecule has 0 aliphatic heterocycles. The zero-order chi connectivity index (χ0) is 23.4. The Hall–Kier alpha value is -1.56. The minimum absolute atomic E-state index is 0. The van der Waals surface area contributed by atoms with Crippen LogP contribution in [0.3, 0.4) is 0 Å². The number of carbonyl (C=O) groups is 1. The van der Waals surface area contributed by atoms with Gasteiger partial charge in [0.1, 0.15) is 5.60 Å². The van der Waals surface area contributed by atoms with Gasteiger partial charge in [-0.1, -0.05) is 19.8 Å². The summed E-state index contributed by atoms with van der Waals surface area (Å²) in [6, 6.07) is 0.180. The predicted molar refractivity (Wildman–Crippen MR) is 142 cm³/mol. The Kier molecular flexibility index (Phi) is 14.6. The van der Waals surface area contributed by atoms with Gasteiger partial charge >= 0.3 is 6.09 Å². The van der Waals surface area contributed by atoms with Crippen LogP contribution >= 0.6 is 24.0 Å². The Balaban J connectivity index is 0.00000961. The lowest BCUT2D eigenvalue weighted by Gasteiger charge is -2.25. The second-order valence-electron chi connectivity index (χ2n) is 9.01. The fraction of sp³-hybridized carbons (Fsp3) is 0.773. The van der Waals surface area contributed by atoms with E-state index in [1.54, 1.807) is 0 Å². The predicted octanol–water partition coefficient (Wildman–Crippen LogP) is 3.28. The fourth-order valence-electron chi connectivity index (χ4n) is 3.07. The average molecular weight is 566 g/mol. The van der Waals surface area contributed by atoms with Gasteiger partial charge < -0.3 is 25.6 Å². The number of guanidine groups is 1. The molecule has 2 unspecified atom stereocenters. The fourth-order valence-corrected chi connectivity index (χ4v) is 3.07. The molecule has 32 heavy (non-hydrogen) atoms. The Morgan fingerprint density at radius 2 is 1.97 bits per heavy atom. The van der Waals surface area contributed by atoms with Gasteiger partial charge in [-0.2, -0.15) is 5.10 Å². The van der Waals surface area contributed by atoms with Crippen molar-refractivity contribution in [2.24, 2.45) is 12.0 Å². The van der Waals surface area contributed by atoms with Gasteiger partial charge in [0.05, 0.1) is 18.8 Å². The summed E-state index contributed by atoms with van der Waals surface area (Å²) < 4.78 is 7.17. The number of likely N-dealkylation sites (N-methyl/N-ethyl adjacent to an activating group) is 1. The van der Waals surface area contributed by atoms with E-state index in [-0.39, 0.29) is 36.1 Å². The van der Waals surface area contributed by atoms with Crippen molar-refractivity contribution in [3.8, 4) is 0 Å². The molecule has 0 spiro atoms. The minimum Gasteiger partial charge on any atom is -0.444 e. The second kappa shape index (κ2) is 15.3. The number of carbonyl (C=O) groups excluding carboxylic acids is 1. The first kappa shape index (κ1) is 30.4. The lowest BCUT2D eigenvalue weighted by molar-refractivity contribution is 0.0522. The van der Waals surface area contributed by atoms with E-state index in [0.717, 1.165) is 37.3 Å². The van der Waals surface area contributed by atoms with Crippen molar-refractivity contribution in [2.75, 3.05) is 33.7 Å². The summed E-state index contributed by atoms with van der Waals surface area (Å²) in [7, 11) is 6.01. The van der Waals surface area contributed by atoms with Crippen LogP contribution in [0.2, 0.25) is 0 Å². The molecule has 1 aromatic heterocycles. The van der Waals surface area contributed by atoms with Crippen molar-refractivity contribution in [3.63, 3.8) is 0 Å². The van der Waals surface area contributed by atoms with E-state index in [1.165, 1.54) is 0 Å². The van der Waals surface area contributed by atoms with Crippen LogP contribution in [0.5, 0.6) is 0 Å². The maximum atomic E-state index is 12.1. The number of nitrogens with one attached hydrogen (secondary N) is 3. The molecule has 1 rings (SSSR count). The smallest absolute Gasteiger partial charge is 0.407 e. The van der Waals surface area contributed by atoms with Crippen LogP contribution in [0, 0.1) is 0 Å². The molecule has 1 heterocycles. The van der Waals surface area contributed by atoms with Gasteiger partial charge in [0, 0.05) is 37.9 Å². The molecule has 1 aromatic rings. The lowest BCUT2D eigenvalue weighted by atomic mass is 10.1. The third-order valence-electron chi connectivity index (χ3n) is 4.64. The van der Waals surface area contributed by atoms with Crippen molar-refractivity contribution < 1.29 is 9.53 Å². The highest BCUT2D eigenvalue weighted by Crippen LogP contribution is 2.17. The van der Waals surface area contributed by atoms with Crippen molar-refractivity contribution in [1.29, 1.82) is 0 Å². The summed E-state index contributed by atoms with van der Waals surface area (Å²) >= 11 is 0. The highest BCUT2D eigenvalue weighted by molar-refractivity contribution is 14.0. The molecule has 1 amide bonds. The molecule has 0 saturated carbocycles. The molecule has 10 heteroatoms. The topological polar surface area (TPSA) is 95.8 Å². The van der Waals surface area contributed by atoms with E-state index in [4.69, 9.17) is 9.73 Å². The number of ether oxygens (including phenoxy) is 1. The van der Waals surface area contributed by atoms with Gasteiger partial charge in [-0.15, -0.1) is 24.0 Å². The number of aliphatic imine (C=N–C) groups is 1. The molecule has 0 radical (unpaired) electrons. The van der Waals surface area contributed by atoms with E-state index >= 15 is 0 Å². The normalized spacial score (nSPS) is 13.8. The molecular formula is C22H44IN7O2. The average Bonchev–Trinajstić information content (AvgIpc) is 3.08. The highest BCUT2D eigenvalue weighted by atomic mass is 127. The van der Waals surface area contributed by atoms with E-state index in [2.05, 4.69) is 32.9 Å². The minimum atomic E-state index is -0.514. The van der Waals surface area contributed by atoms with Crippen LogP contribution < -0.4 is 16.0 Å². The number of aryl methyl sites for hydroxylation is 1. The summed E-state index contributed by atoms with van der Waals surface area (Å²) in [6.45, 7) is 11.6. The number of hydrogen-bond acceptors (Lipinski definition) is 5. The molecule has 0 saturated heterocycles. The number of halogens is 1. The summed E-state index contributed by atoms with van der Waals surface area (Å²) in [5.74, 6) is 0.741. The van der Waals surface area contributed by atoms with Crippen LogP contribution in [0.25, 0.3) is 0 Å². The zero-order valence-electron chi connectivity index (χ0n) is 21.1. The molecule has 186 valence electrons. The van der Waals surface area contributed by atoms with E-state index in [1.807, 2.05) is 65.9 Å². The molecule has 3 N–H and O–H groups in total. The van der Waals surface area contributed by atoms with Gasteiger partial charge in [-0.05, 0) is 48.2 Å². The maximum absolute atomic E-state index is 12.1. The van der Waals surface area contributed by atoms with Gasteiger partial charge in [0.25, 0.3) is 0 Å². The standard InChI is InChI=1S/C22H43N7O2.HI/c1-9-11-12-18(14-25-21(30)31-22(3,4)5)27-20(23-10-2)24-15-19(28(6)7)17-13-26-29(8)16-17;/h13,16,18-19H,9-12,14-15H2,1-8H3,(H,25,30)(H2,23,24,27);1H. The Morgan fingerprint density at radius 1 is 1.28 bits per heavy atom. The number of rotatable bonds is 11. The number of amides is 1. The molecular weight excluding hydrogens is 521 g/mol. The quantitative estimate of drug-likeness (QED) is 0.217. The first-order valence-corrected chi connectivity index (χ1v) is 11.2. The SMILES string of the molecule is CCCCC(CNC(=O)OC(C)(C)C)NC(=NCC(c1cnn(C)c1)N(C)C)NCC.I. The van der Waals surface area contributed by atoms with Crippen LogP contribution in [-0.4, -0.2) is 72.1 Å². The third kappa shape index (κ3) is 12.5. The number of alkyl carbamates (subject to hydrolysis) is 1. The lowest BCUT2D eigenvalue weighted by Crippen LogP contribution is -2.49. The van der Waals surface area contributed by atoms with Gasteiger partial charge in [-0.3, -0.25) is 9.67 Å². The first-order valence-electron chi connectivity index (χ1n) is 11.2. The molecule has 0 fully saturated rings. The van der Waals surface area contributed by atoms with Crippen LogP contribution in [0.4, 0.5) is 4.79 Å². The zero-order valence-corrected chi connectivity index (χ0v) is 23.4. The van der Waals surface area contributed by atoms with Crippen molar-refractivity contribution in [1.82, 2.24) is 30.6 Å². The number of nitrogens with zero attached hydrogens (tertiary/aromatic N) is 4. The summed E-state index contributed by atoms with van der Waals surface area (Å²) in [5, 5.41) is 14.0. The third-order valence-corrected chi connectivity index (χ3v) is 4.64. The van der Waals surface area contributed by atoms with Crippen molar-refractivity contribution in [3.05, 3.63) is 18.0 Å². The Morgan fingerprint density at radius 3 is 2.47 bits per heavy atom. The van der Waals surface area contributed by atoms with Gasteiger partial charge in [-0.25, -0.2) is 4.79 Å². The van der Waals surface area contributed by atoms with E-state index in [9.17, 15) is 4.79 Å². The van der Waals surface area contributed by atoms with Crippen LogP contribution in [-0.2, 0) is 11.8 Å². The molecule has 2 atom stereocenters.